The average Bonchev–Trinajstić information content (AvgIpc) is 3.27. The van der Waals surface area contributed by atoms with Gasteiger partial charge in [-0.3, -0.25) is 14.4 Å². The summed E-state index contributed by atoms with van der Waals surface area (Å²) in [4.78, 5) is 37.6. The number of thiophene rings is 2. The number of fused-ring (bicyclic) bond motifs is 1. The number of carbonyl (C=O) groups is 3. The van der Waals surface area contributed by atoms with Crippen LogP contribution in [0.2, 0.25) is 0 Å². The van der Waals surface area contributed by atoms with Crippen LogP contribution in [0.1, 0.15) is 38.5 Å². The van der Waals surface area contributed by atoms with Crippen LogP contribution in [0.4, 0.5) is 5.00 Å². The van der Waals surface area contributed by atoms with Crippen molar-refractivity contribution in [2.24, 2.45) is 5.73 Å². The van der Waals surface area contributed by atoms with E-state index in [0.717, 1.165) is 34.6 Å². The summed E-state index contributed by atoms with van der Waals surface area (Å²) in [6.07, 6.45) is 3.53. The van der Waals surface area contributed by atoms with Crippen molar-refractivity contribution in [2.75, 3.05) is 11.9 Å². The van der Waals surface area contributed by atoms with Crippen LogP contribution in [0.15, 0.2) is 17.5 Å². The van der Waals surface area contributed by atoms with Gasteiger partial charge in [-0.05, 0) is 42.7 Å². The molecule has 0 aliphatic heterocycles. The number of aryl methyl sites for hydroxylation is 2. The molecule has 3 N–H and O–H groups in total. The van der Waals surface area contributed by atoms with Crippen molar-refractivity contribution >= 4 is 45.5 Å². The van der Waals surface area contributed by atoms with Crippen molar-refractivity contribution < 1.29 is 19.1 Å². The Balaban J connectivity index is 1.51. The highest BCUT2D eigenvalue weighted by Crippen LogP contribution is 2.38. The van der Waals surface area contributed by atoms with Crippen molar-refractivity contribution in [3.8, 4) is 0 Å². The summed E-state index contributed by atoms with van der Waals surface area (Å²) in [5, 5.41) is 5.05. The molecule has 132 valence electrons. The molecule has 0 saturated heterocycles. The molecule has 0 spiro atoms. The Morgan fingerprint density at radius 3 is 2.84 bits per heavy atom. The van der Waals surface area contributed by atoms with Crippen LogP contribution in [0.3, 0.4) is 0 Å². The van der Waals surface area contributed by atoms with Gasteiger partial charge in [0.1, 0.15) is 5.00 Å². The molecule has 0 aromatic carbocycles. The highest BCUT2D eigenvalue weighted by atomic mass is 32.1. The van der Waals surface area contributed by atoms with Crippen LogP contribution in [-0.2, 0) is 33.6 Å². The predicted octanol–water partition coefficient (Wildman–Crippen LogP) is 2.51. The first-order chi connectivity index (χ1) is 12.0. The van der Waals surface area contributed by atoms with Gasteiger partial charge in [-0.15, -0.1) is 22.7 Å². The van der Waals surface area contributed by atoms with Crippen LogP contribution in [0, 0.1) is 0 Å². The summed E-state index contributed by atoms with van der Waals surface area (Å²) in [5.74, 6) is -1.43. The van der Waals surface area contributed by atoms with E-state index in [1.54, 1.807) is 11.3 Å². The lowest BCUT2D eigenvalue weighted by molar-refractivity contribution is -0.147. The van der Waals surface area contributed by atoms with Crippen molar-refractivity contribution in [3.63, 3.8) is 0 Å². The largest absolute Gasteiger partial charge is 0.456 e. The van der Waals surface area contributed by atoms with Crippen LogP contribution in [0.25, 0.3) is 0 Å². The number of ether oxygens (including phenoxy) is 1. The number of hydrogen-bond acceptors (Lipinski definition) is 6. The lowest BCUT2D eigenvalue weighted by Crippen LogP contribution is -2.22. The maximum absolute atomic E-state index is 12.0. The number of anilines is 1. The summed E-state index contributed by atoms with van der Waals surface area (Å²) in [7, 11) is 0. The summed E-state index contributed by atoms with van der Waals surface area (Å²) in [5.41, 5.74) is 6.79. The number of hydrogen-bond donors (Lipinski definition) is 2. The molecule has 0 atom stereocenters. The van der Waals surface area contributed by atoms with Crippen molar-refractivity contribution in [1.29, 1.82) is 0 Å². The molecule has 3 rings (SSSR count). The fourth-order valence-corrected chi connectivity index (χ4v) is 4.83. The van der Waals surface area contributed by atoms with Gasteiger partial charge in [0, 0.05) is 9.75 Å². The van der Waals surface area contributed by atoms with Crippen LogP contribution >= 0.6 is 22.7 Å². The molecule has 2 aromatic heterocycles. The first kappa shape index (κ1) is 17.6. The minimum absolute atomic E-state index is 0.230. The normalized spacial score (nSPS) is 12.6. The zero-order chi connectivity index (χ0) is 17.8. The van der Waals surface area contributed by atoms with Gasteiger partial charge >= 0.3 is 5.97 Å². The van der Waals surface area contributed by atoms with Gasteiger partial charge in [0.25, 0.3) is 11.8 Å². The lowest BCUT2D eigenvalue weighted by atomic mass is 10.1. The highest BCUT2D eigenvalue weighted by Gasteiger charge is 2.26. The van der Waals surface area contributed by atoms with Gasteiger partial charge in [-0.25, -0.2) is 0 Å². The van der Waals surface area contributed by atoms with E-state index in [2.05, 4.69) is 5.32 Å². The molecular weight excluding hydrogens is 360 g/mol. The molecule has 6 nitrogen and oxygen atoms in total. The van der Waals surface area contributed by atoms with E-state index in [-0.39, 0.29) is 13.0 Å². The summed E-state index contributed by atoms with van der Waals surface area (Å²) in [6, 6.07) is 3.87. The number of amides is 2. The Morgan fingerprint density at radius 1 is 1.28 bits per heavy atom. The molecule has 2 amide bonds. The highest BCUT2D eigenvalue weighted by molar-refractivity contribution is 7.17. The molecule has 25 heavy (non-hydrogen) atoms. The molecule has 0 saturated carbocycles. The molecule has 2 aromatic rings. The topological polar surface area (TPSA) is 98.5 Å². The van der Waals surface area contributed by atoms with E-state index in [4.69, 9.17) is 10.5 Å². The Kier molecular flexibility index (Phi) is 5.50. The average molecular weight is 378 g/mol. The van der Waals surface area contributed by atoms with E-state index in [9.17, 15) is 14.4 Å². The van der Waals surface area contributed by atoms with Gasteiger partial charge < -0.3 is 15.8 Å². The minimum atomic E-state index is -0.539. The molecule has 0 fully saturated rings. The first-order valence-electron chi connectivity index (χ1n) is 7.97. The predicted molar refractivity (Wildman–Crippen MR) is 97.1 cm³/mol. The lowest BCUT2D eigenvalue weighted by Gasteiger charge is -2.07. The van der Waals surface area contributed by atoms with E-state index in [1.165, 1.54) is 11.3 Å². The van der Waals surface area contributed by atoms with Gasteiger partial charge in [-0.2, -0.15) is 0 Å². The number of nitrogens with one attached hydrogen (secondary N) is 1. The molecular formula is C17H18N2O4S2. The van der Waals surface area contributed by atoms with Crippen LogP contribution in [0.5, 0.6) is 0 Å². The third-order valence-corrected chi connectivity index (χ3v) is 6.08. The fraction of sp³-hybridized carbons (Fsp3) is 0.353. The van der Waals surface area contributed by atoms with E-state index in [1.807, 2.05) is 17.5 Å². The zero-order valence-electron chi connectivity index (χ0n) is 13.5. The number of primary amides is 1. The summed E-state index contributed by atoms with van der Waals surface area (Å²) in [6.45, 7) is -0.371. The Hall–Kier alpha value is -2.19. The molecule has 0 radical (unpaired) electrons. The molecule has 2 heterocycles. The number of esters is 1. The SMILES string of the molecule is NC(=O)c1c(NC(=O)COC(=O)CCc2cccs2)sc2c1CCC2. The fourth-order valence-electron chi connectivity index (χ4n) is 2.81. The first-order valence-corrected chi connectivity index (χ1v) is 9.66. The van der Waals surface area contributed by atoms with Crippen molar-refractivity contribution in [2.45, 2.75) is 32.1 Å². The van der Waals surface area contributed by atoms with Crippen molar-refractivity contribution in [3.05, 3.63) is 38.4 Å². The molecule has 1 aliphatic carbocycles. The maximum atomic E-state index is 12.0. The zero-order valence-corrected chi connectivity index (χ0v) is 15.1. The number of nitrogens with two attached hydrogens (primary N) is 1. The van der Waals surface area contributed by atoms with E-state index >= 15 is 0 Å². The molecule has 0 bridgehead atoms. The number of carbonyl (C=O) groups excluding carboxylic acids is 3. The summed E-state index contributed by atoms with van der Waals surface area (Å²) >= 11 is 2.95. The second-order valence-electron chi connectivity index (χ2n) is 5.71. The van der Waals surface area contributed by atoms with Gasteiger partial charge in [0.15, 0.2) is 6.61 Å². The second kappa shape index (κ2) is 7.79. The standard InChI is InChI=1S/C17H18N2O4S2/c18-16(22)15-11-4-1-5-12(11)25-17(15)19-13(20)9-23-14(21)7-6-10-3-2-8-24-10/h2-3,8H,1,4-7,9H2,(H2,18,22)(H,19,20). The maximum Gasteiger partial charge on any atom is 0.306 e. The van der Waals surface area contributed by atoms with Gasteiger partial charge in [0.2, 0.25) is 0 Å². The van der Waals surface area contributed by atoms with E-state index < -0.39 is 17.8 Å². The van der Waals surface area contributed by atoms with Gasteiger partial charge in [0.05, 0.1) is 12.0 Å². The smallest absolute Gasteiger partial charge is 0.306 e. The molecule has 8 heteroatoms. The Labute approximate surface area is 153 Å². The summed E-state index contributed by atoms with van der Waals surface area (Å²) < 4.78 is 4.99. The van der Waals surface area contributed by atoms with Crippen molar-refractivity contribution in [1.82, 2.24) is 0 Å². The third-order valence-electron chi connectivity index (χ3n) is 3.94. The van der Waals surface area contributed by atoms with Crippen LogP contribution < -0.4 is 11.1 Å². The van der Waals surface area contributed by atoms with Gasteiger partial charge in [-0.1, -0.05) is 6.07 Å². The molecule has 1 aliphatic rings. The Morgan fingerprint density at radius 2 is 2.12 bits per heavy atom. The monoisotopic (exact) mass is 378 g/mol. The van der Waals surface area contributed by atoms with E-state index in [0.29, 0.717) is 17.0 Å². The number of rotatable bonds is 7. The quantitative estimate of drug-likeness (QED) is 0.723. The second-order valence-corrected chi connectivity index (χ2v) is 7.85. The van der Waals surface area contributed by atoms with Crippen LogP contribution in [-0.4, -0.2) is 24.4 Å². The third kappa shape index (κ3) is 4.26. The Bertz CT molecular complexity index is 796. The molecule has 0 unspecified atom stereocenters. The minimum Gasteiger partial charge on any atom is -0.456 e.